The molecule has 13 aromatic rings. The molecule has 1 heteroatoms. The van der Waals surface area contributed by atoms with Crippen LogP contribution < -0.4 is 0 Å². The van der Waals surface area contributed by atoms with E-state index < -0.39 is 0 Å². The van der Waals surface area contributed by atoms with Crippen LogP contribution in [-0.4, -0.2) is 0 Å². The van der Waals surface area contributed by atoms with Gasteiger partial charge < -0.3 is 4.42 Å². The third-order valence-corrected chi connectivity index (χ3v) is 12.6. The van der Waals surface area contributed by atoms with E-state index in [0.29, 0.717) is 0 Å². The monoisotopic (exact) mass is 720 g/mol. The van der Waals surface area contributed by atoms with Crippen molar-refractivity contribution >= 4 is 97.3 Å². The second kappa shape index (κ2) is 11.5. The number of fused-ring (bicyclic) bond motifs is 10. The lowest BCUT2D eigenvalue weighted by molar-refractivity contribution is 0.673. The first-order valence-corrected chi connectivity index (χ1v) is 19.7. The minimum Gasteiger partial charge on any atom is -0.455 e. The maximum atomic E-state index is 6.93. The summed E-state index contributed by atoms with van der Waals surface area (Å²) < 4.78 is 6.93. The predicted molar refractivity (Wildman–Crippen MR) is 244 cm³/mol. The highest BCUT2D eigenvalue weighted by Crippen LogP contribution is 2.46. The van der Waals surface area contributed by atoms with Crippen molar-refractivity contribution < 1.29 is 4.42 Å². The van der Waals surface area contributed by atoms with Crippen molar-refractivity contribution in [1.82, 2.24) is 0 Å². The van der Waals surface area contributed by atoms with Crippen LogP contribution in [0.2, 0.25) is 0 Å². The highest BCUT2D eigenvalue weighted by molar-refractivity contribution is 6.28. The van der Waals surface area contributed by atoms with Gasteiger partial charge in [-0.05, 0) is 128 Å². The van der Waals surface area contributed by atoms with E-state index in [1.807, 2.05) is 0 Å². The summed E-state index contributed by atoms with van der Waals surface area (Å²) in [5.41, 5.74) is 8.97. The summed E-state index contributed by atoms with van der Waals surface area (Å²) in [6, 6.07) is 71.6. The Morgan fingerprint density at radius 1 is 0.246 bits per heavy atom. The van der Waals surface area contributed by atoms with Gasteiger partial charge in [-0.25, -0.2) is 0 Å². The van der Waals surface area contributed by atoms with Gasteiger partial charge in [-0.1, -0.05) is 170 Å². The molecule has 0 N–H and O–H groups in total. The van der Waals surface area contributed by atoms with Crippen molar-refractivity contribution in [2.45, 2.75) is 0 Å². The van der Waals surface area contributed by atoms with Gasteiger partial charge in [-0.2, -0.15) is 0 Å². The molecule has 0 radical (unpaired) electrons. The molecular formula is C56H32O. The lowest BCUT2D eigenvalue weighted by Gasteiger charge is -2.16. The normalized spacial score (nSPS) is 12.2. The van der Waals surface area contributed by atoms with Crippen molar-refractivity contribution in [3.63, 3.8) is 0 Å². The van der Waals surface area contributed by atoms with Crippen LogP contribution in [0.25, 0.3) is 131 Å². The molecule has 57 heavy (non-hydrogen) atoms. The van der Waals surface area contributed by atoms with Gasteiger partial charge in [0.25, 0.3) is 0 Å². The van der Waals surface area contributed by atoms with Crippen LogP contribution in [0.4, 0.5) is 0 Å². The number of benzene rings is 12. The fourth-order valence-corrected chi connectivity index (χ4v) is 9.94. The van der Waals surface area contributed by atoms with Gasteiger partial charge in [-0.3, -0.25) is 0 Å². The Kier molecular flexibility index (Phi) is 6.23. The summed E-state index contributed by atoms with van der Waals surface area (Å²) in [6.07, 6.45) is 0. The highest BCUT2D eigenvalue weighted by atomic mass is 16.3. The average molecular weight is 721 g/mol. The highest BCUT2D eigenvalue weighted by Gasteiger charge is 2.20. The van der Waals surface area contributed by atoms with Crippen LogP contribution in [0.5, 0.6) is 0 Å². The molecule has 0 aliphatic rings. The summed E-state index contributed by atoms with van der Waals surface area (Å²) in [5.74, 6) is 0. The first kappa shape index (κ1) is 30.8. The van der Waals surface area contributed by atoms with Crippen molar-refractivity contribution in [1.29, 1.82) is 0 Å². The first-order chi connectivity index (χ1) is 28.2. The van der Waals surface area contributed by atoms with E-state index in [4.69, 9.17) is 4.42 Å². The van der Waals surface area contributed by atoms with E-state index >= 15 is 0 Å². The molecule has 262 valence electrons. The Labute approximate surface area is 328 Å². The minimum absolute atomic E-state index is 0.899. The molecule has 0 amide bonds. The number of furan rings is 1. The third kappa shape index (κ3) is 4.40. The van der Waals surface area contributed by atoms with Crippen LogP contribution in [0.1, 0.15) is 0 Å². The average Bonchev–Trinajstić information content (AvgIpc) is 3.67. The maximum Gasteiger partial charge on any atom is 0.143 e. The number of rotatable bonds is 3. The van der Waals surface area contributed by atoms with E-state index in [1.54, 1.807) is 0 Å². The molecule has 0 fully saturated rings. The van der Waals surface area contributed by atoms with E-state index in [9.17, 15) is 0 Å². The fourth-order valence-electron chi connectivity index (χ4n) is 9.94. The molecule has 0 bridgehead atoms. The minimum atomic E-state index is 0.899. The van der Waals surface area contributed by atoms with E-state index in [2.05, 4.69) is 194 Å². The quantitative estimate of drug-likeness (QED) is 0.166. The van der Waals surface area contributed by atoms with Crippen LogP contribution in [-0.2, 0) is 0 Å². The summed E-state index contributed by atoms with van der Waals surface area (Å²) in [4.78, 5) is 0. The van der Waals surface area contributed by atoms with E-state index in [0.717, 1.165) is 38.5 Å². The summed E-state index contributed by atoms with van der Waals surface area (Å²) >= 11 is 0. The first-order valence-electron chi connectivity index (χ1n) is 19.7. The van der Waals surface area contributed by atoms with E-state index in [-0.39, 0.29) is 0 Å². The summed E-state index contributed by atoms with van der Waals surface area (Å²) in [6.45, 7) is 0. The molecule has 12 aromatic carbocycles. The zero-order valence-corrected chi connectivity index (χ0v) is 30.9. The SMILES string of the molecule is c1ccc2c(c1)ccc1c2oc2cc(-c3ccc(-c4cc5ccc6ccccc6c5c5ccccc45)cc3)cc(-c3ccc4ccc5cccc6ccc3c4c56)c21. The number of hydrogen-bond acceptors (Lipinski definition) is 1. The molecular weight excluding hydrogens is 689 g/mol. The Bertz CT molecular complexity index is 3770. The van der Waals surface area contributed by atoms with Crippen molar-refractivity contribution in [2.75, 3.05) is 0 Å². The third-order valence-electron chi connectivity index (χ3n) is 12.6. The molecule has 1 heterocycles. The Hall–Kier alpha value is -7.48. The van der Waals surface area contributed by atoms with Crippen LogP contribution in [0, 0.1) is 0 Å². The molecule has 1 aromatic heterocycles. The van der Waals surface area contributed by atoms with Gasteiger partial charge >= 0.3 is 0 Å². The second-order valence-electron chi connectivity index (χ2n) is 15.6. The molecule has 0 aliphatic heterocycles. The molecule has 0 spiro atoms. The fraction of sp³-hybridized carbons (Fsp3) is 0. The summed E-state index contributed by atoms with van der Waals surface area (Å²) in [5, 5.41) is 20.0. The van der Waals surface area contributed by atoms with E-state index in [1.165, 1.54) is 92.3 Å². The lowest BCUT2D eigenvalue weighted by atomic mass is 9.87. The zero-order chi connectivity index (χ0) is 37.2. The van der Waals surface area contributed by atoms with Crippen molar-refractivity contribution in [3.05, 3.63) is 194 Å². The summed E-state index contributed by atoms with van der Waals surface area (Å²) in [7, 11) is 0. The Morgan fingerprint density at radius 2 is 0.825 bits per heavy atom. The van der Waals surface area contributed by atoms with Crippen molar-refractivity contribution in [3.8, 4) is 33.4 Å². The van der Waals surface area contributed by atoms with Crippen molar-refractivity contribution in [2.24, 2.45) is 0 Å². The smallest absolute Gasteiger partial charge is 0.143 e. The molecule has 0 saturated carbocycles. The van der Waals surface area contributed by atoms with Crippen LogP contribution in [0.15, 0.2) is 199 Å². The van der Waals surface area contributed by atoms with Crippen LogP contribution in [0.3, 0.4) is 0 Å². The van der Waals surface area contributed by atoms with Gasteiger partial charge in [0.1, 0.15) is 11.2 Å². The van der Waals surface area contributed by atoms with Crippen LogP contribution >= 0.6 is 0 Å². The van der Waals surface area contributed by atoms with Gasteiger partial charge in [0.2, 0.25) is 0 Å². The number of hydrogen-bond donors (Lipinski definition) is 0. The van der Waals surface area contributed by atoms with Gasteiger partial charge in [0, 0.05) is 16.2 Å². The molecule has 1 nitrogen and oxygen atoms in total. The topological polar surface area (TPSA) is 13.1 Å². The largest absolute Gasteiger partial charge is 0.455 e. The molecule has 0 atom stereocenters. The van der Waals surface area contributed by atoms with Gasteiger partial charge in [0.15, 0.2) is 0 Å². The standard InChI is InChI=1S/C56H32O/c1-3-12-42-34(8-1)20-23-40-30-49(44-14-5-6-15-46(44)53(40)42)36-18-16-33(17-19-36)41-31-50(55-48-29-24-35-9-2-4-13-43(35)56(48)57-51(55)32-41)45-27-25-39-22-21-37-10-7-11-38-26-28-47(45)54(39)52(37)38/h1-32H. The lowest BCUT2D eigenvalue weighted by Crippen LogP contribution is -1.89. The molecule has 13 rings (SSSR count). The molecule has 0 aliphatic carbocycles. The van der Waals surface area contributed by atoms with Gasteiger partial charge in [-0.15, -0.1) is 0 Å². The van der Waals surface area contributed by atoms with Gasteiger partial charge in [0.05, 0.1) is 0 Å². The second-order valence-corrected chi connectivity index (χ2v) is 15.6. The molecule has 0 saturated heterocycles. The Morgan fingerprint density at radius 3 is 1.65 bits per heavy atom. The zero-order valence-electron chi connectivity index (χ0n) is 30.9. The Balaban J connectivity index is 1.04. The maximum absolute atomic E-state index is 6.93. The molecule has 0 unspecified atom stereocenters. The predicted octanol–water partition coefficient (Wildman–Crippen LogP) is 16.1.